The molecule has 0 bridgehead atoms. The minimum atomic E-state index is -4.55. The Morgan fingerprint density at radius 2 is 1.76 bits per heavy atom. The Kier molecular flexibility index (Phi) is 5.46. The van der Waals surface area contributed by atoms with Crippen LogP contribution in [0.25, 0.3) is 10.9 Å². The molecule has 0 saturated carbocycles. The number of aromatic amines is 1. The van der Waals surface area contributed by atoms with Crippen LogP contribution < -0.4 is 10.9 Å². The maximum atomic E-state index is 13.3. The van der Waals surface area contributed by atoms with Crippen LogP contribution in [0.1, 0.15) is 39.5 Å². The number of nitrogens with one attached hydrogen (secondary N) is 2. The predicted octanol–water partition coefficient (Wildman–Crippen LogP) is 4.49. The van der Waals surface area contributed by atoms with Crippen molar-refractivity contribution in [2.45, 2.75) is 33.0 Å². The predicted molar refractivity (Wildman–Crippen MR) is 101 cm³/mol. The Bertz CT molecular complexity index is 1130. The summed E-state index contributed by atoms with van der Waals surface area (Å²) >= 11 is 0. The molecule has 0 fully saturated rings. The normalized spacial score (nSPS) is 11.7. The molecule has 152 valence electrons. The molecule has 1 amide bonds. The highest BCUT2D eigenvalue weighted by Gasteiger charge is 2.34. The molecule has 29 heavy (non-hydrogen) atoms. The summed E-state index contributed by atoms with van der Waals surface area (Å²) in [4.78, 5) is 27.6. The van der Waals surface area contributed by atoms with Crippen LogP contribution in [0.4, 0.5) is 17.6 Å². The van der Waals surface area contributed by atoms with Crippen molar-refractivity contribution in [1.82, 2.24) is 10.3 Å². The highest BCUT2D eigenvalue weighted by atomic mass is 19.4. The standard InChI is InChI=1S/C21H18F4N2O2/c1-3-14-16(21(23,24)25)9-8-15-11(2)17(20(29)27-18(14)15)19(28)26-10-12-4-6-13(22)7-5-12/h4-9H,3,10H2,1-2H3,(H,26,28)(H,27,29). The average Bonchev–Trinajstić information content (AvgIpc) is 2.66. The van der Waals surface area contributed by atoms with Crippen LogP contribution in [0.3, 0.4) is 0 Å². The van der Waals surface area contributed by atoms with E-state index >= 15 is 0 Å². The van der Waals surface area contributed by atoms with Crippen LogP contribution in [0.15, 0.2) is 41.2 Å². The quantitative estimate of drug-likeness (QED) is 0.628. The van der Waals surface area contributed by atoms with Crippen LogP contribution in [-0.2, 0) is 19.1 Å². The number of halogens is 4. The van der Waals surface area contributed by atoms with Crippen molar-refractivity contribution < 1.29 is 22.4 Å². The molecule has 0 radical (unpaired) electrons. The van der Waals surface area contributed by atoms with Crippen molar-refractivity contribution in [3.63, 3.8) is 0 Å². The first-order chi connectivity index (χ1) is 13.6. The van der Waals surface area contributed by atoms with Crippen LogP contribution in [-0.4, -0.2) is 10.9 Å². The summed E-state index contributed by atoms with van der Waals surface area (Å²) in [7, 11) is 0. The molecule has 2 aromatic carbocycles. The van der Waals surface area contributed by atoms with Crippen LogP contribution in [0.5, 0.6) is 0 Å². The second-order valence-corrected chi connectivity index (χ2v) is 6.63. The van der Waals surface area contributed by atoms with Gasteiger partial charge < -0.3 is 10.3 Å². The molecule has 1 aromatic heterocycles. The minimum Gasteiger partial charge on any atom is -0.348 e. The van der Waals surface area contributed by atoms with Gasteiger partial charge in [0.05, 0.1) is 11.1 Å². The fourth-order valence-electron chi connectivity index (χ4n) is 3.36. The number of hydrogen-bond acceptors (Lipinski definition) is 2. The largest absolute Gasteiger partial charge is 0.416 e. The first-order valence-electron chi connectivity index (χ1n) is 8.91. The third kappa shape index (κ3) is 4.01. The summed E-state index contributed by atoms with van der Waals surface area (Å²) in [6.45, 7) is 3.17. The number of aromatic nitrogens is 1. The van der Waals surface area contributed by atoms with E-state index in [0.29, 0.717) is 16.5 Å². The second kappa shape index (κ2) is 7.69. The number of alkyl halides is 3. The molecular formula is C21H18F4N2O2. The fraction of sp³-hybridized carbons (Fsp3) is 0.238. The molecule has 2 N–H and O–H groups in total. The summed E-state index contributed by atoms with van der Waals surface area (Å²) in [6, 6.07) is 7.73. The van der Waals surface area contributed by atoms with E-state index in [1.54, 1.807) is 6.92 Å². The summed E-state index contributed by atoms with van der Waals surface area (Å²) in [6.07, 6.45) is -4.48. The van der Waals surface area contributed by atoms with Crippen molar-refractivity contribution in [2.24, 2.45) is 0 Å². The van der Waals surface area contributed by atoms with Gasteiger partial charge in [0, 0.05) is 11.9 Å². The smallest absolute Gasteiger partial charge is 0.348 e. The lowest BCUT2D eigenvalue weighted by Gasteiger charge is -2.16. The van der Waals surface area contributed by atoms with E-state index in [4.69, 9.17) is 0 Å². The summed E-state index contributed by atoms with van der Waals surface area (Å²) < 4.78 is 52.8. The molecule has 4 nitrogen and oxygen atoms in total. The lowest BCUT2D eigenvalue weighted by Crippen LogP contribution is -2.30. The number of fused-ring (bicyclic) bond motifs is 1. The maximum Gasteiger partial charge on any atom is 0.416 e. The van der Waals surface area contributed by atoms with Gasteiger partial charge in [-0.2, -0.15) is 13.2 Å². The zero-order valence-corrected chi connectivity index (χ0v) is 15.7. The van der Waals surface area contributed by atoms with Gasteiger partial charge in [-0.05, 0) is 48.2 Å². The highest BCUT2D eigenvalue weighted by Crippen LogP contribution is 2.35. The zero-order chi connectivity index (χ0) is 21.3. The van der Waals surface area contributed by atoms with Gasteiger partial charge in [0.15, 0.2) is 0 Å². The molecule has 0 atom stereocenters. The molecule has 0 unspecified atom stereocenters. The molecule has 8 heteroatoms. The van der Waals surface area contributed by atoms with E-state index in [-0.39, 0.29) is 29.6 Å². The molecule has 3 rings (SSSR count). The first-order valence-corrected chi connectivity index (χ1v) is 8.91. The number of pyridine rings is 1. The van der Waals surface area contributed by atoms with Gasteiger partial charge in [0.1, 0.15) is 11.4 Å². The number of carbonyl (C=O) groups excluding carboxylic acids is 1. The average molecular weight is 406 g/mol. The molecular weight excluding hydrogens is 388 g/mol. The van der Waals surface area contributed by atoms with Gasteiger partial charge >= 0.3 is 6.18 Å². The lowest BCUT2D eigenvalue weighted by molar-refractivity contribution is -0.138. The molecule has 1 heterocycles. The monoisotopic (exact) mass is 406 g/mol. The van der Waals surface area contributed by atoms with Gasteiger partial charge in [0.25, 0.3) is 11.5 Å². The van der Waals surface area contributed by atoms with E-state index in [1.165, 1.54) is 37.3 Å². The number of hydrogen-bond donors (Lipinski definition) is 2. The van der Waals surface area contributed by atoms with Crippen molar-refractivity contribution in [3.05, 3.63) is 80.4 Å². The maximum absolute atomic E-state index is 13.3. The second-order valence-electron chi connectivity index (χ2n) is 6.63. The van der Waals surface area contributed by atoms with Crippen LogP contribution >= 0.6 is 0 Å². The summed E-state index contributed by atoms with van der Waals surface area (Å²) in [5.74, 6) is -1.07. The van der Waals surface area contributed by atoms with Crippen molar-refractivity contribution in [1.29, 1.82) is 0 Å². The van der Waals surface area contributed by atoms with Gasteiger partial charge in [0.2, 0.25) is 0 Å². The van der Waals surface area contributed by atoms with Crippen LogP contribution in [0, 0.1) is 12.7 Å². The topological polar surface area (TPSA) is 62.0 Å². The molecule has 0 saturated heterocycles. The Balaban J connectivity index is 2.02. The van der Waals surface area contributed by atoms with Gasteiger partial charge in [-0.3, -0.25) is 9.59 Å². The SMILES string of the molecule is CCc1c(C(F)(F)F)ccc2c(C)c(C(=O)NCc3ccc(F)cc3)c(=O)[nH]c12. The molecule has 0 aliphatic rings. The Morgan fingerprint density at radius 1 is 1.10 bits per heavy atom. The number of amides is 1. The number of benzene rings is 2. The third-order valence-corrected chi connectivity index (χ3v) is 4.81. The molecule has 0 spiro atoms. The van der Waals surface area contributed by atoms with Crippen molar-refractivity contribution in [3.8, 4) is 0 Å². The minimum absolute atomic E-state index is 0.0199. The molecule has 0 aliphatic heterocycles. The van der Waals surface area contributed by atoms with E-state index in [2.05, 4.69) is 10.3 Å². The summed E-state index contributed by atoms with van der Waals surface area (Å²) in [5.41, 5.74) is -0.743. The zero-order valence-electron chi connectivity index (χ0n) is 15.7. The fourth-order valence-corrected chi connectivity index (χ4v) is 3.36. The Labute approximate surface area is 163 Å². The lowest BCUT2D eigenvalue weighted by atomic mass is 9.96. The number of carbonyl (C=O) groups is 1. The summed E-state index contributed by atoms with van der Waals surface area (Å²) in [5, 5.41) is 2.96. The van der Waals surface area contributed by atoms with Crippen LogP contribution in [0.2, 0.25) is 0 Å². The van der Waals surface area contributed by atoms with E-state index in [0.717, 1.165) is 6.07 Å². The van der Waals surface area contributed by atoms with Crippen molar-refractivity contribution in [2.75, 3.05) is 0 Å². The highest BCUT2D eigenvalue weighted by molar-refractivity contribution is 6.00. The third-order valence-electron chi connectivity index (χ3n) is 4.81. The molecule has 0 aliphatic carbocycles. The van der Waals surface area contributed by atoms with Gasteiger partial charge in [-0.15, -0.1) is 0 Å². The van der Waals surface area contributed by atoms with Gasteiger partial charge in [-0.25, -0.2) is 4.39 Å². The van der Waals surface area contributed by atoms with E-state index in [9.17, 15) is 27.2 Å². The number of rotatable bonds is 4. The Morgan fingerprint density at radius 3 is 2.34 bits per heavy atom. The van der Waals surface area contributed by atoms with Gasteiger partial charge in [-0.1, -0.05) is 25.1 Å². The Hall–Kier alpha value is -3.16. The van der Waals surface area contributed by atoms with E-state index < -0.39 is 29.0 Å². The number of aryl methyl sites for hydroxylation is 2. The van der Waals surface area contributed by atoms with E-state index in [1.807, 2.05) is 0 Å². The molecule has 3 aromatic rings. The first kappa shape index (κ1) is 20.6. The van der Waals surface area contributed by atoms with Crippen molar-refractivity contribution >= 4 is 16.8 Å². The number of H-pyrrole nitrogens is 1.